The minimum atomic E-state index is -4.48. The van der Waals surface area contributed by atoms with Gasteiger partial charge in [0.1, 0.15) is 4.90 Å². The number of sulfonamides is 1. The van der Waals surface area contributed by atoms with Crippen LogP contribution in [-0.4, -0.2) is 49.6 Å². The molecule has 136 valence electrons. The van der Waals surface area contributed by atoms with Crippen LogP contribution in [-0.2, 0) is 10.0 Å². The average molecular weight is 367 g/mol. The second-order valence-corrected chi connectivity index (χ2v) is 8.40. The maximum atomic E-state index is 12.6. The number of pyridine rings is 1. The molecule has 0 radical (unpaired) electrons. The molecule has 10 heteroatoms. The summed E-state index contributed by atoms with van der Waals surface area (Å²) >= 11 is 0. The lowest BCUT2D eigenvalue weighted by molar-refractivity contribution is -0.154. The lowest BCUT2D eigenvalue weighted by atomic mass is 9.81. The van der Waals surface area contributed by atoms with Crippen LogP contribution >= 0.6 is 0 Å². The van der Waals surface area contributed by atoms with Crippen LogP contribution in [0.4, 0.5) is 13.2 Å². The van der Waals surface area contributed by atoms with Gasteiger partial charge in [-0.1, -0.05) is 13.8 Å². The first kappa shape index (κ1) is 18.9. The van der Waals surface area contributed by atoms with Crippen molar-refractivity contribution in [3.8, 4) is 5.88 Å². The largest absolute Gasteiger partial charge is 0.468 e. The van der Waals surface area contributed by atoms with E-state index in [4.69, 9.17) is 5.73 Å². The molecule has 1 atom stereocenters. The Morgan fingerprint density at radius 1 is 1.42 bits per heavy atom. The molecule has 0 aromatic carbocycles. The van der Waals surface area contributed by atoms with Crippen LogP contribution in [0.3, 0.4) is 0 Å². The maximum absolute atomic E-state index is 12.6. The second kappa shape index (κ2) is 6.49. The van der Waals surface area contributed by atoms with E-state index < -0.39 is 22.8 Å². The molecule has 0 amide bonds. The van der Waals surface area contributed by atoms with Gasteiger partial charge < -0.3 is 10.5 Å². The van der Waals surface area contributed by atoms with Gasteiger partial charge in [-0.3, -0.25) is 0 Å². The SMILES string of the molecule is CC1(C)CN(S(=O)(=O)c2ccc(OCC(F)(F)F)nc2)CCC1N. The van der Waals surface area contributed by atoms with Crippen molar-refractivity contribution in [1.29, 1.82) is 0 Å². The van der Waals surface area contributed by atoms with Gasteiger partial charge >= 0.3 is 6.18 Å². The number of aromatic nitrogens is 1. The Labute approximate surface area is 138 Å². The monoisotopic (exact) mass is 367 g/mol. The minimum Gasteiger partial charge on any atom is -0.468 e. The molecule has 1 unspecified atom stereocenters. The van der Waals surface area contributed by atoms with E-state index in [9.17, 15) is 21.6 Å². The Morgan fingerprint density at radius 3 is 2.58 bits per heavy atom. The predicted molar refractivity (Wildman–Crippen MR) is 80.9 cm³/mol. The van der Waals surface area contributed by atoms with Crippen molar-refractivity contribution in [3.05, 3.63) is 18.3 Å². The van der Waals surface area contributed by atoms with Crippen LogP contribution in [0.15, 0.2) is 23.2 Å². The molecule has 1 saturated heterocycles. The predicted octanol–water partition coefficient (Wildman–Crippen LogP) is 1.77. The third-order valence-corrected chi connectivity index (χ3v) is 5.84. The lowest BCUT2D eigenvalue weighted by Crippen LogP contribution is -2.53. The van der Waals surface area contributed by atoms with Crippen LogP contribution in [0.1, 0.15) is 20.3 Å². The molecule has 0 spiro atoms. The van der Waals surface area contributed by atoms with Crippen LogP contribution in [0.2, 0.25) is 0 Å². The second-order valence-electron chi connectivity index (χ2n) is 6.46. The molecular formula is C14H20F3N3O3S. The van der Waals surface area contributed by atoms with Crippen LogP contribution in [0.5, 0.6) is 5.88 Å². The first-order chi connectivity index (χ1) is 10.9. The normalized spacial score (nSPS) is 22.3. The number of rotatable bonds is 4. The molecule has 1 fully saturated rings. The Morgan fingerprint density at radius 2 is 2.08 bits per heavy atom. The number of nitrogens with two attached hydrogens (primary N) is 1. The molecule has 1 aromatic heterocycles. The van der Waals surface area contributed by atoms with Crippen molar-refractivity contribution in [3.63, 3.8) is 0 Å². The van der Waals surface area contributed by atoms with Gasteiger partial charge in [-0.05, 0) is 17.9 Å². The molecule has 1 aromatic rings. The first-order valence-corrected chi connectivity index (χ1v) is 8.77. The van der Waals surface area contributed by atoms with Crippen LogP contribution in [0, 0.1) is 5.41 Å². The summed E-state index contributed by atoms with van der Waals surface area (Å²) in [6, 6.07) is 2.20. The molecule has 6 nitrogen and oxygen atoms in total. The van der Waals surface area contributed by atoms with Gasteiger partial charge in [0.2, 0.25) is 15.9 Å². The number of hydrogen-bond acceptors (Lipinski definition) is 5. The molecule has 1 aliphatic heterocycles. The summed E-state index contributed by atoms with van der Waals surface area (Å²) in [5.74, 6) is -0.285. The minimum absolute atomic E-state index is 0.0897. The summed E-state index contributed by atoms with van der Waals surface area (Å²) in [7, 11) is -3.78. The molecule has 2 N–H and O–H groups in total. The standard InChI is InChI=1S/C14H20F3N3O3S/c1-13(2)8-20(6-5-11(13)18)24(21,22)10-3-4-12(19-7-10)23-9-14(15,16)17/h3-4,7,11H,5-6,8-9,18H2,1-2H3. The zero-order valence-electron chi connectivity index (χ0n) is 13.4. The Bertz CT molecular complexity index is 675. The van der Waals surface area contributed by atoms with Crippen molar-refractivity contribution >= 4 is 10.0 Å². The van der Waals surface area contributed by atoms with Gasteiger partial charge in [0.05, 0.1) is 6.20 Å². The molecule has 0 bridgehead atoms. The molecule has 2 rings (SSSR count). The third-order valence-electron chi connectivity index (χ3n) is 4.01. The van der Waals surface area contributed by atoms with E-state index in [0.717, 1.165) is 12.3 Å². The number of alkyl halides is 3. The number of halogens is 3. The lowest BCUT2D eigenvalue weighted by Gasteiger charge is -2.41. The topological polar surface area (TPSA) is 85.5 Å². The van der Waals surface area contributed by atoms with E-state index in [-0.39, 0.29) is 28.8 Å². The number of nitrogens with zero attached hydrogens (tertiary/aromatic N) is 2. The van der Waals surface area contributed by atoms with Gasteiger partial charge in [0, 0.05) is 25.2 Å². The van der Waals surface area contributed by atoms with E-state index in [1.807, 2.05) is 13.8 Å². The highest BCUT2D eigenvalue weighted by atomic mass is 32.2. The molecular weight excluding hydrogens is 347 g/mol. The van der Waals surface area contributed by atoms with Gasteiger partial charge in [0.25, 0.3) is 0 Å². The van der Waals surface area contributed by atoms with Crippen molar-refractivity contribution < 1.29 is 26.3 Å². The van der Waals surface area contributed by atoms with Gasteiger partial charge in [-0.15, -0.1) is 0 Å². The van der Waals surface area contributed by atoms with E-state index in [1.54, 1.807) is 0 Å². The smallest absolute Gasteiger partial charge is 0.422 e. The first-order valence-electron chi connectivity index (χ1n) is 7.33. The molecule has 1 aliphatic rings. The summed E-state index contributed by atoms with van der Waals surface area (Å²) in [5, 5.41) is 0. The van der Waals surface area contributed by atoms with E-state index in [0.29, 0.717) is 13.0 Å². The van der Waals surface area contributed by atoms with E-state index >= 15 is 0 Å². The van der Waals surface area contributed by atoms with Crippen molar-refractivity contribution in [1.82, 2.24) is 9.29 Å². The fraction of sp³-hybridized carbons (Fsp3) is 0.643. The quantitative estimate of drug-likeness (QED) is 0.877. The number of piperidine rings is 1. The van der Waals surface area contributed by atoms with Crippen LogP contribution < -0.4 is 10.5 Å². The van der Waals surface area contributed by atoms with Gasteiger partial charge in [-0.2, -0.15) is 17.5 Å². The third kappa shape index (κ3) is 4.37. The van der Waals surface area contributed by atoms with Gasteiger partial charge in [0.15, 0.2) is 6.61 Å². The van der Waals surface area contributed by atoms with Crippen molar-refractivity contribution in [2.75, 3.05) is 19.7 Å². The number of ether oxygens (including phenoxy) is 1. The summed E-state index contributed by atoms with van der Waals surface area (Å²) in [4.78, 5) is 3.55. The zero-order chi connectivity index (χ0) is 18.2. The van der Waals surface area contributed by atoms with Crippen molar-refractivity contribution in [2.24, 2.45) is 11.1 Å². The summed E-state index contributed by atoms with van der Waals surface area (Å²) < 4.78 is 67.3. The zero-order valence-corrected chi connectivity index (χ0v) is 14.2. The molecule has 0 aliphatic carbocycles. The van der Waals surface area contributed by atoms with Crippen LogP contribution in [0.25, 0.3) is 0 Å². The van der Waals surface area contributed by atoms with E-state index in [1.165, 1.54) is 10.4 Å². The Hall–Kier alpha value is -1.39. The molecule has 0 saturated carbocycles. The maximum Gasteiger partial charge on any atom is 0.422 e. The summed E-state index contributed by atoms with van der Waals surface area (Å²) in [6.07, 6.45) is -2.94. The van der Waals surface area contributed by atoms with E-state index in [2.05, 4.69) is 9.72 Å². The van der Waals surface area contributed by atoms with Gasteiger partial charge in [-0.25, -0.2) is 13.4 Å². The summed E-state index contributed by atoms with van der Waals surface area (Å²) in [6.45, 7) is 2.86. The van der Waals surface area contributed by atoms with Crippen molar-refractivity contribution in [2.45, 2.75) is 37.4 Å². The fourth-order valence-electron chi connectivity index (χ4n) is 2.44. The highest BCUT2D eigenvalue weighted by molar-refractivity contribution is 7.89. The molecule has 2 heterocycles. The highest BCUT2D eigenvalue weighted by Gasteiger charge is 2.39. The Kier molecular flexibility index (Phi) is 5.12. The highest BCUT2D eigenvalue weighted by Crippen LogP contribution is 2.31. The summed E-state index contributed by atoms with van der Waals surface area (Å²) in [5.41, 5.74) is 5.64. The number of hydrogen-bond donors (Lipinski definition) is 1. The molecule has 24 heavy (non-hydrogen) atoms. The average Bonchev–Trinajstić information content (AvgIpc) is 2.47. The Balaban J connectivity index is 2.12. The fourth-order valence-corrected chi connectivity index (χ4v) is 4.01.